The molecule has 0 aliphatic heterocycles. The van der Waals surface area contributed by atoms with Gasteiger partial charge in [0.25, 0.3) is 5.91 Å². The second kappa shape index (κ2) is 16.1. The highest BCUT2D eigenvalue weighted by Crippen LogP contribution is 2.36. The number of amides is 1. The molecule has 0 aromatic rings. The van der Waals surface area contributed by atoms with Crippen molar-refractivity contribution < 1.29 is 4.79 Å². The summed E-state index contributed by atoms with van der Waals surface area (Å²) in [6, 6.07) is 2.65. The van der Waals surface area contributed by atoms with Crippen LogP contribution < -0.4 is 5.32 Å². The van der Waals surface area contributed by atoms with E-state index in [0.717, 1.165) is 19.3 Å². The molecule has 0 aromatic carbocycles. The molecule has 2 aliphatic rings. The van der Waals surface area contributed by atoms with E-state index in [1.54, 1.807) is 18.5 Å². The van der Waals surface area contributed by atoms with Crippen molar-refractivity contribution in [1.82, 2.24) is 10.2 Å². The van der Waals surface area contributed by atoms with Crippen molar-refractivity contribution in [1.29, 1.82) is 5.26 Å². The first-order valence-corrected chi connectivity index (χ1v) is 13.7. The van der Waals surface area contributed by atoms with Crippen LogP contribution in [0.1, 0.15) is 66.7 Å². The third-order valence-corrected chi connectivity index (χ3v) is 7.16. The molecule has 0 bridgehead atoms. The van der Waals surface area contributed by atoms with Crippen LogP contribution in [0.4, 0.5) is 0 Å². The van der Waals surface area contributed by atoms with Crippen molar-refractivity contribution in [2.45, 2.75) is 72.8 Å². The van der Waals surface area contributed by atoms with Gasteiger partial charge in [0, 0.05) is 38.1 Å². The lowest BCUT2D eigenvalue weighted by Gasteiger charge is -2.42. The van der Waals surface area contributed by atoms with Crippen LogP contribution in [0.25, 0.3) is 0 Å². The van der Waals surface area contributed by atoms with Gasteiger partial charge < -0.3 is 5.32 Å². The Balaban J connectivity index is 2.33. The van der Waals surface area contributed by atoms with Gasteiger partial charge in [0.1, 0.15) is 0 Å². The minimum absolute atomic E-state index is 0.0921. The molecule has 0 saturated heterocycles. The average Bonchev–Trinajstić information content (AvgIpc) is 2.85. The van der Waals surface area contributed by atoms with Crippen molar-refractivity contribution in [3.05, 3.63) is 59.9 Å². The summed E-state index contributed by atoms with van der Waals surface area (Å²) in [7, 11) is 0. The van der Waals surface area contributed by atoms with E-state index >= 15 is 0 Å². The lowest BCUT2D eigenvalue weighted by atomic mass is 9.75. The van der Waals surface area contributed by atoms with E-state index < -0.39 is 0 Å². The summed E-state index contributed by atoms with van der Waals surface area (Å²) < 4.78 is 0. The van der Waals surface area contributed by atoms with Crippen molar-refractivity contribution >= 4 is 12.1 Å². The molecular formula is C31H46N4O. The third kappa shape index (κ3) is 9.39. The van der Waals surface area contributed by atoms with Gasteiger partial charge in [-0.15, -0.1) is 0 Å². The Morgan fingerprint density at radius 2 is 2.08 bits per heavy atom. The molecular weight excluding hydrogens is 444 g/mol. The summed E-state index contributed by atoms with van der Waals surface area (Å²) in [6.45, 7) is 12.3. The maximum atomic E-state index is 12.8. The number of rotatable bonds is 11. The number of nitrogens with zero attached hydrogens (tertiary/aromatic N) is 3. The number of aliphatic imine (C=N–C) groups is 1. The van der Waals surface area contributed by atoms with Crippen LogP contribution in [0.3, 0.4) is 0 Å². The first kappa shape index (κ1) is 29.5. The minimum atomic E-state index is -0.129. The van der Waals surface area contributed by atoms with E-state index in [-0.39, 0.29) is 17.9 Å². The zero-order valence-corrected chi connectivity index (χ0v) is 23.0. The van der Waals surface area contributed by atoms with Crippen LogP contribution in [0.5, 0.6) is 0 Å². The molecule has 1 amide bonds. The molecule has 0 spiro atoms. The first-order chi connectivity index (χ1) is 17.4. The zero-order valence-electron chi connectivity index (χ0n) is 23.0. The third-order valence-electron chi connectivity index (χ3n) is 7.16. The number of carbonyl (C=O) groups excluding carboxylic acids is 1. The number of hydrogen-bond acceptors (Lipinski definition) is 4. The number of allylic oxidation sites excluding steroid dienone is 5. The Morgan fingerprint density at radius 3 is 2.78 bits per heavy atom. The van der Waals surface area contributed by atoms with Crippen LogP contribution in [-0.4, -0.2) is 42.7 Å². The van der Waals surface area contributed by atoms with Gasteiger partial charge in [-0.3, -0.25) is 14.7 Å². The fourth-order valence-electron chi connectivity index (χ4n) is 5.28. The summed E-state index contributed by atoms with van der Waals surface area (Å²) in [6.07, 6.45) is 24.3. The minimum Gasteiger partial charge on any atom is -0.351 e. The molecule has 1 N–H and O–H groups in total. The molecule has 36 heavy (non-hydrogen) atoms. The predicted octanol–water partition coefficient (Wildman–Crippen LogP) is 6.39. The van der Waals surface area contributed by atoms with E-state index in [4.69, 9.17) is 0 Å². The maximum absolute atomic E-state index is 12.8. The topological polar surface area (TPSA) is 68.5 Å². The summed E-state index contributed by atoms with van der Waals surface area (Å²) in [5, 5.41) is 12.8. The molecule has 0 aromatic heterocycles. The van der Waals surface area contributed by atoms with Gasteiger partial charge >= 0.3 is 0 Å². The van der Waals surface area contributed by atoms with E-state index in [2.05, 4.69) is 65.5 Å². The highest BCUT2D eigenvalue weighted by atomic mass is 16.1. The largest absolute Gasteiger partial charge is 0.351 e. The molecule has 2 unspecified atom stereocenters. The van der Waals surface area contributed by atoms with Crippen LogP contribution in [0.15, 0.2) is 64.9 Å². The molecule has 0 saturated carbocycles. The number of hydrogen-bond donors (Lipinski definition) is 1. The predicted molar refractivity (Wildman–Crippen MR) is 151 cm³/mol. The Morgan fingerprint density at radius 1 is 1.28 bits per heavy atom. The van der Waals surface area contributed by atoms with Gasteiger partial charge in [0.15, 0.2) is 0 Å². The Hall–Kier alpha value is -2.71. The van der Waals surface area contributed by atoms with Crippen LogP contribution in [0, 0.1) is 35.0 Å². The maximum Gasteiger partial charge on any atom is 0.252 e. The number of nitriles is 1. The molecule has 0 radical (unpaired) electrons. The first-order valence-electron chi connectivity index (χ1n) is 13.7. The van der Waals surface area contributed by atoms with Gasteiger partial charge in [-0.25, -0.2) is 0 Å². The van der Waals surface area contributed by atoms with Gasteiger partial charge in [-0.1, -0.05) is 62.8 Å². The van der Waals surface area contributed by atoms with Gasteiger partial charge in [0.05, 0.1) is 17.6 Å². The van der Waals surface area contributed by atoms with E-state index in [0.29, 0.717) is 43.0 Å². The molecule has 5 nitrogen and oxygen atoms in total. The standard InChI is InChI=1S/C31H46N4O/c1-6-13-28(22-33-7-2)31(36)34-18-19-35(23-25(4)21-32)30(27-16-12-14-24(3)20-27)29-17-11-9-8-10-15-26(29)5/h6-7,9,11-13,16,20,22,24-26,29-30H,8,10,14-15,17-19,23H2,1-5H3,(H,34,36)/b11-9-,13-6-,28-22+,33-7?/t24-,25?,26+,29-,30?/m1/s1. The Bertz CT molecular complexity index is 917. The Kier molecular flexibility index (Phi) is 13.2. The fourth-order valence-corrected chi connectivity index (χ4v) is 5.28. The van der Waals surface area contributed by atoms with E-state index in [1.165, 1.54) is 18.4 Å². The second-order valence-corrected chi connectivity index (χ2v) is 10.3. The van der Waals surface area contributed by atoms with Gasteiger partial charge in [-0.05, 0) is 69.8 Å². The number of carbonyl (C=O) groups is 1. The molecule has 2 rings (SSSR count). The molecule has 2 aliphatic carbocycles. The van der Waals surface area contributed by atoms with E-state index in [9.17, 15) is 10.1 Å². The SMILES string of the molecule is CC=N/C=C(\C=C/C)C(=O)NCCN(CC(C)C#N)C(C1=C[C@H](C)CC=C1)[C@@H]1C/C=C\CCC[C@@H]1C. The summed E-state index contributed by atoms with van der Waals surface area (Å²) in [4.78, 5) is 19.4. The van der Waals surface area contributed by atoms with Crippen LogP contribution >= 0.6 is 0 Å². The zero-order chi connectivity index (χ0) is 26.3. The van der Waals surface area contributed by atoms with Gasteiger partial charge in [0.2, 0.25) is 0 Å². The lowest BCUT2D eigenvalue weighted by Crippen LogP contribution is -2.49. The molecule has 0 fully saturated rings. The number of nitrogens with one attached hydrogen (secondary N) is 1. The van der Waals surface area contributed by atoms with Crippen molar-refractivity contribution in [3.8, 4) is 6.07 Å². The van der Waals surface area contributed by atoms with Crippen molar-refractivity contribution in [2.24, 2.45) is 28.7 Å². The van der Waals surface area contributed by atoms with E-state index in [1.807, 2.05) is 26.8 Å². The summed E-state index contributed by atoms with van der Waals surface area (Å²) in [5.41, 5.74) is 1.90. The fraction of sp³-hybridized carbons (Fsp3) is 0.581. The van der Waals surface area contributed by atoms with Crippen LogP contribution in [-0.2, 0) is 4.79 Å². The summed E-state index contributed by atoms with van der Waals surface area (Å²) in [5.74, 6) is 1.33. The van der Waals surface area contributed by atoms with Crippen molar-refractivity contribution in [3.63, 3.8) is 0 Å². The second-order valence-electron chi connectivity index (χ2n) is 10.3. The highest BCUT2D eigenvalue weighted by Gasteiger charge is 2.34. The lowest BCUT2D eigenvalue weighted by molar-refractivity contribution is -0.117. The average molecular weight is 491 g/mol. The normalized spacial score (nSPS) is 25.8. The molecule has 5 heteroatoms. The highest BCUT2D eigenvalue weighted by molar-refractivity contribution is 5.96. The summed E-state index contributed by atoms with van der Waals surface area (Å²) >= 11 is 0. The molecule has 0 heterocycles. The smallest absolute Gasteiger partial charge is 0.252 e. The monoisotopic (exact) mass is 490 g/mol. The molecule has 196 valence electrons. The van der Waals surface area contributed by atoms with Crippen molar-refractivity contribution in [2.75, 3.05) is 19.6 Å². The Labute approximate surface area is 219 Å². The quantitative estimate of drug-likeness (QED) is 0.158. The molecule has 5 atom stereocenters. The van der Waals surface area contributed by atoms with Gasteiger partial charge in [-0.2, -0.15) is 5.26 Å². The van der Waals surface area contributed by atoms with Crippen LogP contribution in [0.2, 0.25) is 0 Å².